The van der Waals surface area contributed by atoms with Crippen molar-refractivity contribution in [3.05, 3.63) is 191 Å². The Balaban J connectivity index is 1.19. The van der Waals surface area contributed by atoms with Gasteiger partial charge in [-0.1, -0.05) is 161 Å². The van der Waals surface area contributed by atoms with E-state index in [0.717, 1.165) is 65.2 Å². The summed E-state index contributed by atoms with van der Waals surface area (Å²) in [6.07, 6.45) is 0. The highest BCUT2D eigenvalue weighted by molar-refractivity contribution is 6.26. The topological polar surface area (TPSA) is 57.4 Å². The van der Waals surface area contributed by atoms with E-state index in [1.54, 1.807) is 0 Å². The highest BCUT2D eigenvalue weighted by Crippen LogP contribution is 2.55. The third kappa shape index (κ3) is 4.19. The molecule has 0 bridgehead atoms. The average molecular weight is 791 g/mol. The summed E-state index contributed by atoms with van der Waals surface area (Å²) in [5.41, 5.74) is 15.9. The van der Waals surface area contributed by atoms with Crippen molar-refractivity contribution >= 4 is 65.2 Å². The number of hydrogen-bond donors (Lipinski definition) is 0. The van der Waals surface area contributed by atoms with Crippen molar-refractivity contribution in [1.29, 1.82) is 10.5 Å². The molecule has 0 unspecified atom stereocenters. The second-order valence-electron chi connectivity index (χ2n) is 18.3. The van der Waals surface area contributed by atoms with Gasteiger partial charge >= 0.3 is 0 Å². The molecule has 0 N–H and O–H groups in total. The van der Waals surface area contributed by atoms with Gasteiger partial charge in [0.05, 0.1) is 44.6 Å². The fourth-order valence-electron chi connectivity index (χ4n) is 11.7. The minimum absolute atomic E-state index is 0.225. The Bertz CT molecular complexity index is 3690. The van der Waals surface area contributed by atoms with Crippen molar-refractivity contribution < 1.29 is 0 Å². The maximum atomic E-state index is 11.4. The molecule has 13 rings (SSSR count). The van der Waals surface area contributed by atoms with Crippen LogP contribution in [0.2, 0.25) is 0 Å². The normalized spacial score (nSPS) is 14.4. The van der Waals surface area contributed by atoms with Gasteiger partial charge in [0.25, 0.3) is 0 Å². The van der Waals surface area contributed by atoms with Gasteiger partial charge in [0, 0.05) is 43.5 Å². The van der Waals surface area contributed by atoms with Crippen LogP contribution in [0, 0.1) is 22.7 Å². The van der Waals surface area contributed by atoms with Crippen molar-refractivity contribution in [1.82, 2.24) is 9.13 Å². The monoisotopic (exact) mass is 790 g/mol. The Hall–Kier alpha value is -7.92. The number of aromatic nitrogens is 2. The van der Waals surface area contributed by atoms with E-state index in [2.05, 4.69) is 195 Å². The second-order valence-corrected chi connectivity index (χ2v) is 18.3. The molecule has 0 spiro atoms. The van der Waals surface area contributed by atoms with Gasteiger partial charge in [-0.25, -0.2) is 0 Å². The van der Waals surface area contributed by atoms with Crippen LogP contribution in [0.4, 0.5) is 0 Å². The Labute approximate surface area is 358 Å². The molecule has 0 aliphatic heterocycles. The van der Waals surface area contributed by atoms with Crippen LogP contribution in [0.3, 0.4) is 0 Å². The number of hydrogen-bond acceptors (Lipinski definition) is 2. The van der Waals surface area contributed by atoms with Crippen LogP contribution in [0.1, 0.15) is 61.1 Å². The molecular weight excluding hydrogens is 753 g/mol. The Kier molecular flexibility index (Phi) is 6.69. The zero-order valence-electron chi connectivity index (χ0n) is 34.8. The first-order chi connectivity index (χ1) is 30.2. The molecule has 4 nitrogen and oxygen atoms in total. The van der Waals surface area contributed by atoms with Gasteiger partial charge in [0.15, 0.2) is 0 Å². The Morgan fingerprint density at radius 2 is 0.806 bits per heavy atom. The molecule has 2 heterocycles. The van der Waals surface area contributed by atoms with Crippen LogP contribution in [0.25, 0.3) is 98.8 Å². The molecule has 2 aromatic heterocycles. The molecule has 2 aliphatic rings. The molecule has 0 fully saturated rings. The van der Waals surface area contributed by atoms with Crippen LogP contribution >= 0.6 is 0 Å². The SMILES string of the molecule is CC1(C)c2ccccc2-c2c1ccc1c3c4ccccc4ccc3n(-c3cc(C#N)c(-n4c5ccc6ccccc6c5c5ccc6c(c54)-c4ccccc4C6(C)C)cc3C#N)c21. The largest absolute Gasteiger partial charge is 0.307 e. The van der Waals surface area contributed by atoms with Crippen LogP contribution in [0.15, 0.2) is 158 Å². The zero-order chi connectivity index (χ0) is 41.8. The van der Waals surface area contributed by atoms with Gasteiger partial charge in [-0.05, 0) is 79.2 Å². The van der Waals surface area contributed by atoms with E-state index >= 15 is 0 Å². The number of benzene rings is 9. The molecule has 2 aliphatic carbocycles. The van der Waals surface area contributed by atoms with Crippen molar-refractivity contribution in [3.63, 3.8) is 0 Å². The maximum absolute atomic E-state index is 11.4. The molecule has 4 heteroatoms. The van der Waals surface area contributed by atoms with Crippen LogP contribution in [-0.2, 0) is 10.8 Å². The standard InChI is InChI=1S/C58H38N4/c1-57(2)43-19-11-9-17-39(43)53-45(57)25-23-41-51-37-15-7-5-13-33(37)21-27-47(51)61(55(41)53)49-29-36(32-60)50(30-35(49)31-59)62-48-28-22-34-14-6-8-16-38(34)52(48)42-24-26-46-54(56(42)62)40-18-10-12-20-44(40)58(46,3)4/h5-30H,1-4H3. The Morgan fingerprint density at radius 3 is 1.24 bits per heavy atom. The molecule has 290 valence electrons. The first kappa shape index (κ1) is 34.9. The maximum Gasteiger partial charge on any atom is 0.101 e. The summed E-state index contributed by atoms with van der Waals surface area (Å²) >= 11 is 0. The summed E-state index contributed by atoms with van der Waals surface area (Å²) in [4.78, 5) is 0. The molecule has 11 aromatic rings. The second kappa shape index (κ2) is 11.9. The molecule has 0 atom stereocenters. The lowest BCUT2D eigenvalue weighted by Crippen LogP contribution is -2.14. The number of nitriles is 2. The van der Waals surface area contributed by atoms with E-state index in [4.69, 9.17) is 0 Å². The number of fused-ring (bicyclic) bond motifs is 18. The summed E-state index contributed by atoms with van der Waals surface area (Å²) < 4.78 is 4.57. The number of rotatable bonds is 2. The van der Waals surface area contributed by atoms with E-state index in [1.165, 1.54) is 44.5 Å². The van der Waals surface area contributed by atoms with Gasteiger partial charge < -0.3 is 9.13 Å². The fraction of sp³-hybridized carbons (Fsp3) is 0.103. The zero-order valence-corrected chi connectivity index (χ0v) is 34.8. The van der Waals surface area contributed by atoms with E-state index in [0.29, 0.717) is 22.5 Å². The van der Waals surface area contributed by atoms with Gasteiger partial charge in [-0.15, -0.1) is 0 Å². The molecular formula is C58H38N4. The van der Waals surface area contributed by atoms with Gasteiger partial charge in [0.1, 0.15) is 12.1 Å². The quantitative estimate of drug-likeness (QED) is 0.175. The molecule has 0 saturated carbocycles. The molecule has 0 saturated heterocycles. The van der Waals surface area contributed by atoms with Crippen LogP contribution < -0.4 is 0 Å². The fourth-order valence-corrected chi connectivity index (χ4v) is 11.7. The van der Waals surface area contributed by atoms with Crippen molar-refractivity contribution in [2.75, 3.05) is 0 Å². The van der Waals surface area contributed by atoms with Crippen molar-refractivity contribution in [2.24, 2.45) is 0 Å². The predicted octanol–water partition coefficient (Wildman–Crippen LogP) is 14.5. The minimum atomic E-state index is -0.225. The Morgan fingerprint density at radius 1 is 0.403 bits per heavy atom. The molecule has 0 radical (unpaired) electrons. The highest BCUT2D eigenvalue weighted by atomic mass is 15.0. The lowest BCUT2D eigenvalue weighted by atomic mass is 9.82. The smallest absolute Gasteiger partial charge is 0.101 e. The summed E-state index contributed by atoms with van der Waals surface area (Å²) in [6.45, 7) is 9.22. The highest BCUT2D eigenvalue weighted by Gasteiger charge is 2.40. The van der Waals surface area contributed by atoms with E-state index in [9.17, 15) is 10.5 Å². The summed E-state index contributed by atoms with van der Waals surface area (Å²) in [6, 6.07) is 61.8. The van der Waals surface area contributed by atoms with E-state index < -0.39 is 0 Å². The van der Waals surface area contributed by atoms with Crippen molar-refractivity contribution in [3.8, 4) is 45.8 Å². The number of nitrogens with zero attached hydrogens (tertiary/aromatic N) is 4. The molecule has 9 aromatic carbocycles. The van der Waals surface area contributed by atoms with Crippen LogP contribution in [0.5, 0.6) is 0 Å². The van der Waals surface area contributed by atoms with Gasteiger partial charge in [-0.3, -0.25) is 0 Å². The third-order valence-corrected chi connectivity index (χ3v) is 14.6. The molecule has 62 heavy (non-hydrogen) atoms. The van der Waals surface area contributed by atoms with Gasteiger partial charge in [0.2, 0.25) is 0 Å². The summed E-state index contributed by atoms with van der Waals surface area (Å²) in [5.74, 6) is 0. The predicted molar refractivity (Wildman–Crippen MR) is 255 cm³/mol. The lowest BCUT2D eigenvalue weighted by molar-refractivity contribution is 0.660. The van der Waals surface area contributed by atoms with Crippen molar-refractivity contribution in [2.45, 2.75) is 38.5 Å². The van der Waals surface area contributed by atoms with Gasteiger partial charge in [-0.2, -0.15) is 10.5 Å². The first-order valence-corrected chi connectivity index (χ1v) is 21.4. The third-order valence-electron chi connectivity index (χ3n) is 14.6. The summed E-state index contributed by atoms with van der Waals surface area (Å²) in [5, 5.41) is 32.0. The summed E-state index contributed by atoms with van der Waals surface area (Å²) in [7, 11) is 0. The lowest BCUT2D eigenvalue weighted by Gasteiger charge is -2.22. The van der Waals surface area contributed by atoms with Crippen LogP contribution in [-0.4, -0.2) is 9.13 Å². The van der Waals surface area contributed by atoms with E-state index in [-0.39, 0.29) is 10.8 Å². The average Bonchev–Trinajstić information content (AvgIpc) is 3.97. The minimum Gasteiger partial charge on any atom is -0.307 e. The van der Waals surface area contributed by atoms with E-state index in [1.807, 2.05) is 12.1 Å². The first-order valence-electron chi connectivity index (χ1n) is 21.4. The molecule has 0 amide bonds.